The summed E-state index contributed by atoms with van der Waals surface area (Å²) in [5.41, 5.74) is 1.73. The summed E-state index contributed by atoms with van der Waals surface area (Å²) in [5.74, 6) is 0.176. The zero-order valence-electron chi connectivity index (χ0n) is 10.2. The molecule has 0 bridgehead atoms. The first kappa shape index (κ1) is 13.8. The van der Waals surface area contributed by atoms with E-state index in [9.17, 15) is 4.79 Å². The highest BCUT2D eigenvalue weighted by atomic mass is 79.9. The van der Waals surface area contributed by atoms with Gasteiger partial charge in [-0.25, -0.2) is 0 Å². The third-order valence-corrected chi connectivity index (χ3v) is 4.28. The quantitative estimate of drug-likeness (QED) is 0.872. The fraction of sp³-hybridized carbons (Fsp3) is 0.462. The molecule has 0 atom stereocenters. The molecule has 0 unspecified atom stereocenters. The molecule has 2 rings (SSSR count). The van der Waals surface area contributed by atoms with Crippen LogP contribution in [0.3, 0.4) is 0 Å². The lowest BCUT2D eigenvalue weighted by molar-refractivity contribution is -0.120. The van der Waals surface area contributed by atoms with Gasteiger partial charge in [-0.15, -0.1) is 0 Å². The van der Waals surface area contributed by atoms with Crippen LogP contribution in [0, 0.1) is 12.8 Å². The number of piperidine rings is 1. The summed E-state index contributed by atoms with van der Waals surface area (Å²) < 4.78 is 0.867. The number of hydrogen-bond acceptors (Lipinski definition) is 2. The molecule has 1 aromatic rings. The van der Waals surface area contributed by atoms with E-state index in [1.807, 2.05) is 13.0 Å². The van der Waals surface area contributed by atoms with Crippen molar-refractivity contribution in [1.29, 1.82) is 0 Å². The molecule has 5 heteroatoms. The van der Waals surface area contributed by atoms with Crippen molar-refractivity contribution in [2.24, 2.45) is 5.92 Å². The Bertz CT molecular complexity index is 459. The summed E-state index contributed by atoms with van der Waals surface area (Å²) in [6.45, 7) is 3.76. The molecular weight excluding hydrogens is 316 g/mol. The molecule has 0 aliphatic carbocycles. The zero-order valence-corrected chi connectivity index (χ0v) is 12.6. The topological polar surface area (TPSA) is 41.1 Å². The van der Waals surface area contributed by atoms with Crippen LogP contribution < -0.4 is 10.6 Å². The van der Waals surface area contributed by atoms with Crippen molar-refractivity contribution in [3.8, 4) is 0 Å². The van der Waals surface area contributed by atoms with Crippen molar-refractivity contribution in [2.45, 2.75) is 19.8 Å². The molecule has 0 spiro atoms. The first-order valence-electron chi connectivity index (χ1n) is 6.05. The van der Waals surface area contributed by atoms with E-state index in [1.54, 1.807) is 6.07 Å². The standard InChI is InChI=1S/C13H16BrClN2O/c1-8-6-10(14)12(7-11(8)15)17-13(18)9-2-4-16-5-3-9/h6-7,9,16H,2-5H2,1H3,(H,17,18). The molecule has 0 radical (unpaired) electrons. The van der Waals surface area contributed by atoms with Crippen LogP contribution in [0.5, 0.6) is 0 Å². The van der Waals surface area contributed by atoms with Gasteiger partial charge in [0.2, 0.25) is 5.91 Å². The predicted molar refractivity (Wildman–Crippen MR) is 78.1 cm³/mol. The maximum Gasteiger partial charge on any atom is 0.227 e. The molecule has 1 saturated heterocycles. The molecule has 1 fully saturated rings. The number of nitrogens with one attached hydrogen (secondary N) is 2. The van der Waals surface area contributed by atoms with E-state index in [4.69, 9.17) is 11.6 Å². The molecular formula is C13H16BrClN2O. The van der Waals surface area contributed by atoms with E-state index in [0.717, 1.165) is 41.7 Å². The summed E-state index contributed by atoms with van der Waals surface area (Å²) in [5, 5.41) is 6.87. The molecule has 1 aliphatic rings. The second-order valence-electron chi connectivity index (χ2n) is 4.59. The van der Waals surface area contributed by atoms with E-state index in [-0.39, 0.29) is 11.8 Å². The average Bonchev–Trinajstić information content (AvgIpc) is 2.37. The van der Waals surface area contributed by atoms with Gasteiger partial charge in [0.25, 0.3) is 0 Å². The fourth-order valence-electron chi connectivity index (χ4n) is 2.06. The van der Waals surface area contributed by atoms with Gasteiger partial charge in [-0.1, -0.05) is 11.6 Å². The molecule has 0 saturated carbocycles. The van der Waals surface area contributed by atoms with Crippen LogP contribution in [0.15, 0.2) is 16.6 Å². The molecule has 2 N–H and O–H groups in total. The third-order valence-electron chi connectivity index (χ3n) is 3.22. The minimum atomic E-state index is 0.0807. The van der Waals surface area contributed by atoms with E-state index in [0.29, 0.717) is 5.02 Å². The number of aryl methyl sites for hydroxylation is 1. The Morgan fingerprint density at radius 2 is 2.11 bits per heavy atom. The molecule has 18 heavy (non-hydrogen) atoms. The van der Waals surface area contributed by atoms with E-state index < -0.39 is 0 Å². The Morgan fingerprint density at radius 1 is 1.44 bits per heavy atom. The van der Waals surface area contributed by atoms with Gasteiger partial charge in [-0.2, -0.15) is 0 Å². The molecule has 1 aliphatic heterocycles. The maximum absolute atomic E-state index is 12.1. The maximum atomic E-state index is 12.1. The highest BCUT2D eigenvalue weighted by molar-refractivity contribution is 9.10. The third kappa shape index (κ3) is 3.25. The number of halogens is 2. The second kappa shape index (κ2) is 6.04. The number of carbonyl (C=O) groups is 1. The molecule has 3 nitrogen and oxygen atoms in total. The van der Waals surface area contributed by atoms with Crippen LogP contribution in [0.25, 0.3) is 0 Å². The van der Waals surface area contributed by atoms with Crippen molar-refractivity contribution >= 4 is 39.1 Å². The van der Waals surface area contributed by atoms with Gasteiger partial charge in [0.05, 0.1) is 5.69 Å². The van der Waals surface area contributed by atoms with E-state index >= 15 is 0 Å². The molecule has 1 amide bonds. The lowest BCUT2D eigenvalue weighted by Gasteiger charge is -2.22. The SMILES string of the molecule is Cc1cc(Br)c(NC(=O)C2CCNCC2)cc1Cl. The Morgan fingerprint density at radius 3 is 2.78 bits per heavy atom. The van der Waals surface area contributed by atoms with Crippen LogP contribution in [-0.4, -0.2) is 19.0 Å². The van der Waals surface area contributed by atoms with Gasteiger partial charge >= 0.3 is 0 Å². The van der Waals surface area contributed by atoms with Crippen LogP contribution in [0.4, 0.5) is 5.69 Å². The summed E-state index contributed by atoms with van der Waals surface area (Å²) in [6, 6.07) is 3.71. The van der Waals surface area contributed by atoms with Crippen molar-refractivity contribution in [2.75, 3.05) is 18.4 Å². The monoisotopic (exact) mass is 330 g/mol. The Hall–Kier alpha value is -0.580. The van der Waals surface area contributed by atoms with Crippen molar-refractivity contribution < 1.29 is 4.79 Å². The average molecular weight is 332 g/mol. The number of carbonyl (C=O) groups excluding carboxylic acids is 1. The Kier molecular flexibility index (Phi) is 4.65. The van der Waals surface area contributed by atoms with Gasteiger partial charge in [0.1, 0.15) is 0 Å². The summed E-state index contributed by atoms with van der Waals surface area (Å²) in [6.07, 6.45) is 1.78. The highest BCUT2D eigenvalue weighted by Gasteiger charge is 2.21. The van der Waals surface area contributed by atoms with E-state index in [1.165, 1.54) is 0 Å². The molecule has 0 aromatic heterocycles. The Balaban J connectivity index is 2.08. The van der Waals surface area contributed by atoms with Gasteiger partial charge in [-0.05, 0) is 66.5 Å². The van der Waals surface area contributed by atoms with Crippen LogP contribution in [-0.2, 0) is 4.79 Å². The highest BCUT2D eigenvalue weighted by Crippen LogP contribution is 2.29. The Labute approximate surface area is 120 Å². The van der Waals surface area contributed by atoms with Crippen molar-refractivity contribution in [1.82, 2.24) is 5.32 Å². The van der Waals surface area contributed by atoms with Crippen LogP contribution in [0.2, 0.25) is 5.02 Å². The predicted octanol–water partition coefficient (Wildman–Crippen LogP) is 3.35. The smallest absolute Gasteiger partial charge is 0.227 e. The van der Waals surface area contributed by atoms with Gasteiger partial charge < -0.3 is 10.6 Å². The molecule has 1 heterocycles. The summed E-state index contributed by atoms with van der Waals surface area (Å²) in [4.78, 5) is 12.1. The minimum Gasteiger partial charge on any atom is -0.325 e. The summed E-state index contributed by atoms with van der Waals surface area (Å²) >= 11 is 9.52. The largest absolute Gasteiger partial charge is 0.325 e. The van der Waals surface area contributed by atoms with Gasteiger partial charge in [-0.3, -0.25) is 4.79 Å². The number of amides is 1. The lowest BCUT2D eigenvalue weighted by atomic mass is 9.97. The summed E-state index contributed by atoms with van der Waals surface area (Å²) in [7, 11) is 0. The van der Waals surface area contributed by atoms with Gasteiger partial charge in [0, 0.05) is 15.4 Å². The zero-order chi connectivity index (χ0) is 13.1. The first-order chi connectivity index (χ1) is 8.58. The fourth-order valence-corrected chi connectivity index (χ4v) is 2.78. The molecule has 98 valence electrons. The number of benzene rings is 1. The minimum absolute atomic E-state index is 0.0807. The van der Waals surface area contributed by atoms with Crippen molar-refractivity contribution in [3.05, 3.63) is 27.2 Å². The van der Waals surface area contributed by atoms with Crippen LogP contribution in [0.1, 0.15) is 18.4 Å². The lowest BCUT2D eigenvalue weighted by Crippen LogP contribution is -2.34. The van der Waals surface area contributed by atoms with Crippen LogP contribution >= 0.6 is 27.5 Å². The number of hydrogen-bond donors (Lipinski definition) is 2. The van der Waals surface area contributed by atoms with E-state index in [2.05, 4.69) is 26.6 Å². The molecule has 1 aromatic carbocycles. The second-order valence-corrected chi connectivity index (χ2v) is 5.86. The van der Waals surface area contributed by atoms with Gasteiger partial charge in [0.15, 0.2) is 0 Å². The first-order valence-corrected chi connectivity index (χ1v) is 7.22. The van der Waals surface area contributed by atoms with Crippen molar-refractivity contribution in [3.63, 3.8) is 0 Å². The normalized spacial score (nSPS) is 16.6. The number of anilines is 1. The number of rotatable bonds is 2.